The van der Waals surface area contributed by atoms with E-state index in [1.807, 2.05) is 13.8 Å². The maximum atomic E-state index is 11.4. The lowest BCUT2D eigenvalue weighted by atomic mass is 9.80. The number of amides is 1. The molecule has 17 heavy (non-hydrogen) atoms. The van der Waals surface area contributed by atoms with Crippen molar-refractivity contribution in [1.82, 2.24) is 5.32 Å². The highest BCUT2D eigenvalue weighted by atomic mass is 16.1. The maximum absolute atomic E-state index is 11.4. The molecule has 1 aromatic rings. The Morgan fingerprint density at radius 2 is 2.18 bits per heavy atom. The minimum absolute atomic E-state index is 0.234. The van der Waals surface area contributed by atoms with Crippen molar-refractivity contribution in [3.05, 3.63) is 35.4 Å². The fourth-order valence-electron chi connectivity index (χ4n) is 2.39. The zero-order valence-corrected chi connectivity index (χ0v) is 10.5. The third-order valence-electron chi connectivity index (χ3n) is 3.60. The number of carbonyl (C=O) groups is 1. The molecule has 0 aliphatic carbocycles. The van der Waals surface area contributed by atoms with Gasteiger partial charge < -0.3 is 11.1 Å². The SMILES string of the molecule is CC(C)(CC1NCCc2ccccc21)C(N)=O. The van der Waals surface area contributed by atoms with Crippen LogP contribution in [0.25, 0.3) is 0 Å². The van der Waals surface area contributed by atoms with E-state index in [-0.39, 0.29) is 11.9 Å². The van der Waals surface area contributed by atoms with Crippen molar-refractivity contribution in [2.24, 2.45) is 11.1 Å². The van der Waals surface area contributed by atoms with Gasteiger partial charge in [0, 0.05) is 11.5 Å². The van der Waals surface area contributed by atoms with Gasteiger partial charge in [0.25, 0.3) is 0 Å². The summed E-state index contributed by atoms with van der Waals surface area (Å²) < 4.78 is 0. The van der Waals surface area contributed by atoms with Crippen molar-refractivity contribution in [3.63, 3.8) is 0 Å². The molecule has 92 valence electrons. The first-order valence-electron chi connectivity index (χ1n) is 6.12. The summed E-state index contributed by atoms with van der Waals surface area (Å²) in [5.41, 5.74) is 7.67. The summed E-state index contributed by atoms with van der Waals surface area (Å²) in [6.07, 6.45) is 1.81. The number of hydrogen-bond acceptors (Lipinski definition) is 2. The molecule has 0 bridgehead atoms. The lowest BCUT2D eigenvalue weighted by Crippen LogP contribution is -2.38. The molecule has 0 spiro atoms. The molecule has 0 fully saturated rings. The summed E-state index contributed by atoms with van der Waals surface area (Å²) in [4.78, 5) is 11.4. The molecule has 3 heteroatoms. The Kier molecular flexibility index (Phi) is 3.20. The molecule has 3 nitrogen and oxygen atoms in total. The van der Waals surface area contributed by atoms with Crippen LogP contribution in [0.15, 0.2) is 24.3 Å². The van der Waals surface area contributed by atoms with Crippen LogP contribution in [0.4, 0.5) is 0 Å². The second kappa shape index (κ2) is 4.49. The van der Waals surface area contributed by atoms with Gasteiger partial charge in [0.05, 0.1) is 0 Å². The average Bonchev–Trinajstić information content (AvgIpc) is 2.29. The van der Waals surface area contributed by atoms with Gasteiger partial charge in [0.2, 0.25) is 5.91 Å². The first kappa shape index (κ1) is 12.1. The second-order valence-electron chi connectivity index (χ2n) is 5.41. The standard InChI is InChI=1S/C14H20N2O/c1-14(2,13(15)17)9-12-11-6-4-3-5-10(11)7-8-16-12/h3-6,12,16H,7-9H2,1-2H3,(H2,15,17). The number of primary amides is 1. The Morgan fingerprint density at radius 1 is 1.47 bits per heavy atom. The predicted molar refractivity (Wildman–Crippen MR) is 68.5 cm³/mol. The zero-order chi connectivity index (χ0) is 12.5. The smallest absolute Gasteiger partial charge is 0.223 e. The highest BCUT2D eigenvalue weighted by Crippen LogP contribution is 2.33. The van der Waals surface area contributed by atoms with Crippen LogP contribution in [0.2, 0.25) is 0 Å². The van der Waals surface area contributed by atoms with Gasteiger partial charge in [-0.2, -0.15) is 0 Å². The Balaban J connectivity index is 2.22. The summed E-state index contributed by atoms with van der Waals surface area (Å²) in [5, 5.41) is 3.48. The quantitative estimate of drug-likeness (QED) is 0.834. The third-order valence-corrected chi connectivity index (χ3v) is 3.60. The van der Waals surface area contributed by atoms with Gasteiger partial charge in [-0.1, -0.05) is 38.1 Å². The monoisotopic (exact) mass is 232 g/mol. The van der Waals surface area contributed by atoms with Gasteiger partial charge >= 0.3 is 0 Å². The van der Waals surface area contributed by atoms with Crippen molar-refractivity contribution in [2.45, 2.75) is 32.7 Å². The van der Waals surface area contributed by atoms with E-state index >= 15 is 0 Å². The van der Waals surface area contributed by atoms with E-state index in [0.29, 0.717) is 0 Å². The fraction of sp³-hybridized carbons (Fsp3) is 0.500. The lowest BCUT2D eigenvalue weighted by Gasteiger charge is -2.32. The fourth-order valence-corrected chi connectivity index (χ4v) is 2.39. The van der Waals surface area contributed by atoms with Gasteiger partial charge in [-0.15, -0.1) is 0 Å². The van der Waals surface area contributed by atoms with E-state index in [0.717, 1.165) is 19.4 Å². The number of carbonyl (C=O) groups excluding carboxylic acids is 1. The number of benzene rings is 1. The van der Waals surface area contributed by atoms with Crippen LogP contribution < -0.4 is 11.1 Å². The number of nitrogens with one attached hydrogen (secondary N) is 1. The molecule has 2 rings (SSSR count). The molecule has 1 heterocycles. The van der Waals surface area contributed by atoms with E-state index in [4.69, 9.17) is 5.73 Å². The topological polar surface area (TPSA) is 55.1 Å². The van der Waals surface area contributed by atoms with Gasteiger partial charge in [0.1, 0.15) is 0 Å². The van der Waals surface area contributed by atoms with Gasteiger partial charge in [-0.3, -0.25) is 4.79 Å². The van der Waals surface area contributed by atoms with Gasteiger partial charge in [0.15, 0.2) is 0 Å². The lowest BCUT2D eigenvalue weighted by molar-refractivity contribution is -0.126. The Morgan fingerprint density at radius 3 is 2.88 bits per heavy atom. The van der Waals surface area contributed by atoms with Gasteiger partial charge in [-0.25, -0.2) is 0 Å². The van der Waals surface area contributed by atoms with Crippen molar-refractivity contribution >= 4 is 5.91 Å². The molecule has 1 aromatic carbocycles. The minimum Gasteiger partial charge on any atom is -0.369 e. The Labute approximate surface area is 102 Å². The van der Waals surface area contributed by atoms with E-state index in [1.165, 1.54) is 11.1 Å². The molecule has 0 saturated carbocycles. The van der Waals surface area contributed by atoms with Crippen molar-refractivity contribution in [2.75, 3.05) is 6.54 Å². The summed E-state index contributed by atoms with van der Waals surface area (Å²) in [6, 6.07) is 8.67. The molecule has 1 aliphatic heterocycles. The zero-order valence-electron chi connectivity index (χ0n) is 10.5. The van der Waals surface area contributed by atoms with E-state index in [9.17, 15) is 4.79 Å². The molecule has 1 atom stereocenters. The molecule has 1 amide bonds. The van der Waals surface area contributed by atoms with E-state index in [2.05, 4.69) is 29.6 Å². The summed E-state index contributed by atoms with van der Waals surface area (Å²) in [5.74, 6) is -0.234. The molecular weight excluding hydrogens is 212 g/mol. The molecule has 0 saturated heterocycles. The maximum Gasteiger partial charge on any atom is 0.223 e. The summed E-state index contributed by atoms with van der Waals surface area (Å²) >= 11 is 0. The molecule has 0 radical (unpaired) electrons. The largest absolute Gasteiger partial charge is 0.369 e. The normalized spacial score (nSPS) is 19.8. The highest BCUT2D eigenvalue weighted by Gasteiger charge is 2.31. The van der Waals surface area contributed by atoms with Crippen molar-refractivity contribution in [1.29, 1.82) is 0 Å². The first-order valence-corrected chi connectivity index (χ1v) is 6.12. The first-order chi connectivity index (χ1) is 8.00. The minimum atomic E-state index is -0.470. The second-order valence-corrected chi connectivity index (χ2v) is 5.41. The number of fused-ring (bicyclic) bond motifs is 1. The Bertz CT molecular complexity index is 426. The van der Waals surface area contributed by atoms with E-state index < -0.39 is 5.41 Å². The Hall–Kier alpha value is -1.35. The third kappa shape index (κ3) is 2.50. The molecule has 0 aromatic heterocycles. The van der Waals surface area contributed by atoms with Crippen LogP contribution in [0.1, 0.15) is 37.4 Å². The number of rotatable bonds is 3. The van der Waals surface area contributed by atoms with Crippen LogP contribution >= 0.6 is 0 Å². The van der Waals surface area contributed by atoms with Crippen LogP contribution in [0.5, 0.6) is 0 Å². The van der Waals surface area contributed by atoms with Crippen molar-refractivity contribution < 1.29 is 4.79 Å². The summed E-state index contributed by atoms with van der Waals surface area (Å²) in [7, 11) is 0. The molecule has 3 N–H and O–H groups in total. The predicted octanol–water partition coefficient (Wildman–Crippen LogP) is 1.77. The van der Waals surface area contributed by atoms with Crippen LogP contribution in [0, 0.1) is 5.41 Å². The molecule has 1 aliphatic rings. The highest BCUT2D eigenvalue weighted by molar-refractivity contribution is 5.80. The van der Waals surface area contributed by atoms with Crippen molar-refractivity contribution in [3.8, 4) is 0 Å². The molecule has 1 unspecified atom stereocenters. The van der Waals surface area contributed by atoms with Crippen LogP contribution in [0.3, 0.4) is 0 Å². The van der Waals surface area contributed by atoms with Crippen LogP contribution in [-0.2, 0) is 11.2 Å². The average molecular weight is 232 g/mol. The number of nitrogens with two attached hydrogens (primary N) is 1. The van der Waals surface area contributed by atoms with Crippen LogP contribution in [-0.4, -0.2) is 12.5 Å². The number of hydrogen-bond donors (Lipinski definition) is 2. The van der Waals surface area contributed by atoms with E-state index in [1.54, 1.807) is 0 Å². The molecular formula is C14H20N2O. The summed E-state index contributed by atoms with van der Waals surface area (Å²) in [6.45, 7) is 4.79. The van der Waals surface area contributed by atoms with Gasteiger partial charge in [-0.05, 0) is 30.5 Å².